The Labute approximate surface area is 160 Å². The predicted octanol–water partition coefficient (Wildman–Crippen LogP) is 2.10. The number of carbonyl (C=O) groups excluding carboxylic acids is 1. The molecule has 1 aliphatic heterocycles. The lowest BCUT2D eigenvalue weighted by Crippen LogP contribution is -2.25. The minimum Gasteiger partial charge on any atom is -0.497 e. The zero-order valence-electron chi connectivity index (χ0n) is 15.3. The van der Waals surface area contributed by atoms with Gasteiger partial charge in [0.05, 0.1) is 12.8 Å². The quantitative estimate of drug-likeness (QED) is 0.589. The molecule has 1 N–H and O–H groups in total. The van der Waals surface area contributed by atoms with E-state index in [1.54, 1.807) is 22.4 Å². The van der Waals surface area contributed by atoms with E-state index in [2.05, 4.69) is 25.7 Å². The van der Waals surface area contributed by atoms with Gasteiger partial charge in [-0.05, 0) is 36.8 Å². The first-order chi connectivity index (χ1) is 13.6. The van der Waals surface area contributed by atoms with Crippen LogP contribution in [-0.2, 0) is 4.79 Å². The third-order valence-corrected chi connectivity index (χ3v) is 4.96. The number of aryl methyl sites for hydroxylation is 1. The molecule has 9 heteroatoms. The fourth-order valence-corrected chi connectivity index (χ4v) is 3.69. The molecule has 1 aliphatic rings. The lowest BCUT2D eigenvalue weighted by molar-refractivity contribution is -0.116. The molecule has 0 saturated carbocycles. The zero-order valence-corrected chi connectivity index (χ0v) is 15.3. The fraction of sp³-hybridized carbons (Fsp3) is 0.211. The number of nitrogens with zero attached hydrogens (tertiary/aromatic N) is 6. The summed E-state index contributed by atoms with van der Waals surface area (Å²) in [5, 5.41) is 19.9. The van der Waals surface area contributed by atoms with Gasteiger partial charge in [-0.25, -0.2) is 0 Å². The summed E-state index contributed by atoms with van der Waals surface area (Å²) in [6.45, 7) is 1.94. The van der Waals surface area contributed by atoms with Gasteiger partial charge in [0.15, 0.2) is 11.5 Å². The van der Waals surface area contributed by atoms with Gasteiger partial charge in [-0.15, -0.1) is 15.3 Å². The zero-order chi connectivity index (χ0) is 19.3. The molecule has 4 aromatic rings. The molecule has 0 spiro atoms. The Bertz CT molecular complexity index is 1210. The average molecular weight is 375 g/mol. The molecule has 140 valence electrons. The van der Waals surface area contributed by atoms with Gasteiger partial charge < -0.3 is 10.1 Å². The first-order valence-electron chi connectivity index (χ1n) is 8.85. The van der Waals surface area contributed by atoms with Gasteiger partial charge in [0, 0.05) is 17.9 Å². The molecular weight excluding hydrogens is 358 g/mol. The normalized spacial score (nSPS) is 16.1. The number of rotatable bonds is 3. The van der Waals surface area contributed by atoms with E-state index in [1.807, 2.05) is 37.3 Å². The van der Waals surface area contributed by atoms with Crippen LogP contribution in [0.5, 0.6) is 5.75 Å². The summed E-state index contributed by atoms with van der Waals surface area (Å²) < 4.78 is 8.59. The van der Waals surface area contributed by atoms with Gasteiger partial charge in [0.2, 0.25) is 5.91 Å². The van der Waals surface area contributed by atoms with Crippen LogP contribution in [0, 0.1) is 6.92 Å². The number of ether oxygens (including phenoxy) is 1. The highest BCUT2D eigenvalue weighted by molar-refractivity contribution is 5.95. The lowest BCUT2D eigenvalue weighted by atomic mass is 9.86. The molecule has 1 amide bonds. The van der Waals surface area contributed by atoms with Crippen LogP contribution in [0.2, 0.25) is 0 Å². The number of carbonyl (C=O) groups is 1. The molecule has 0 radical (unpaired) electrons. The number of hydrogen-bond acceptors (Lipinski definition) is 6. The maximum atomic E-state index is 12.5. The van der Waals surface area contributed by atoms with Crippen LogP contribution < -0.4 is 10.1 Å². The van der Waals surface area contributed by atoms with Gasteiger partial charge in [-0.3, -0.25) is 4.79 Å². The maximum Gasteiger partial charge on any atom is 0.226 e. The van der Waals surface area contributed by atoms with Crippen molar-refractivity contribution in [3.63, 3.8) is 0 Å². The van der Waals surface area contributed by atoms with E-state index in [0.717, 1.165) is 22.6 Å². The molecule has 0 aliphatic carbocycles. The van der Waals surface area contributed by atoms with E-state index in [-0.39, 0.29) is 11.8 Å². The fourth-order valence-electron chi connectivity index (χ4n) is 3.69. The van der Waals surface area contributed by atoms with Crippen LogP contribution in [0.1, 0.15) is 29.2 Å². The van der Waals surface area contributed by atoms with Gasteiger partial charge in [-0.2, -0.15) is 14.3 Å². The highest BCUT2D eigenvalue weighted by Gasteiger charge is 2.33. The molecule has 4 heterocycles. The third kappa shape index (κ3) is 2.51. The standard InChI is InChI=1S/C19H17N7O2/c1-11-18-14(12-4-3-5-13(8-12)28-2)9-17(27)21-19(18)26(23-11)16-7-6-15-22-20-10-25(15)24-16/h3-8,10,14H,9H2,1-2H3,(H,21,27)/t14-/m1/s1. The van der Waals surface area contributed by atoms with Crippen molar-refractivity contribution in [3.05, 3.63) is 59.5 Å². The number of fused-ring (bicyclic) bond motifs is 2. The Balaban J connectivity index is 1.66. The van der Waals surface area contributed by atoms with Gasteiger partial charge in [0.1, 0.15) is 17.9 Å². The van der Waals surface area contributed by atoms with Crippen LogP contribution in [-0.4, -0.2) is 42.6 Å². The highest BCUT2D eigenvalue weighted by atomic mass is 16.5. The van der Waals surface area contributed by atoms with Crippen LogP contribution in [0.4, 0.5) is 5.82 Å². The number of aromatic nitrogens is 6. The molecule has 1 atom stereocenters. The van der Waals surface area contributed by atoms with Crippen molar-refractivity contribution in [3.8, 4) is 11.6 Å². The largest absolute Gasteiger partial charge is 0.497 e. The number of amides is 1. The van der Waals surface area contributed by atoms with E-state index in [1.165, 1.54) is 6.33 Å². The van der Waals surface area contributed by atoms with E-state index < -0.39 is 0 Å². The smallest absolute Gasteiger partial charge is 0.226 e. The maximum absolute atomic E-state index is 12.5. The number of anilines is 1. The molecule has 0 bridgehead atoms. The van der Waals surface area contributed by atoms with E-state index in [4.69, 9.17) is 4.74 Å². The van der Waals surface area contributed by atoms with Crippen molar-refractivity contribution in [2.45, 2.75) is 19.3 Å². The van der Waals surface area contributed by atoms with Crippen molar-refractivity contribution in [1.82, 2.24) is 29.6 Å². The number of nitrogens with one attached hydrogen (secondary N) is 1. The van der Waals surface area contributed by atoms with Crippen LogP contribution in [0.3, 0.4) is 0 Å². The minimum absolute atomic E-state index is 0.0631. The molecule has 0 saturated heterocycles. The molecule has 0 fully saturated rings. The molecule has 1 aromatic carbocycles. The first-order valence-corrected chi connectivity index (χ1v) is 8.85. The van der Waals surface area contributed by atoms with Crippen molar-refractivity contribution < 1.29 is 9.53 Å². The average Bonchev–Trinajstić information content (AvgIpc) is 3.31. The molecular formula is C19H17N7O2. The third-order valence-electron chi connectivity index (χ3n) is 4.96. The Morgan fingerprint density at radius 1 is 1.21 bits per heavy atom. The summed E-state index contributed by atoms with van der Waals surface area (Å²) in [5.41, 5.74) is 3.48. The number of hydrogen-bond donors (Lipinski definition) is 1. The Morgan fingerprint density at radius 2 is 2.11 bits per heavy atom. The summed E-state index contributed by atoms with van der Waals surface area (Å²) in [6, 6.07) is 11.4. The second kappa shape index (κ2) is 6.15. The van der Waals surface area contributed by atoms with Crippen molar-refractivity contribution >= 4 is 17.4 Å². The number of methoxy groups -OCH3 is 1. The van der Waals surface area contributed by atoms with Crippen molar-refractivity contribution in [1.29, 1.82) is 0 Å². The van der Waals surface area contributed by atoms with Gasteiger partial charge >= 0.3 is 0 Å². The molecule has 5 rings (SSSR count). The summed E-state index contributed by atoms with van der Waals surface area (Å²) in [6.07, 6.45) is 1.88. The SMILES string of the molecule is COc1cccc([C@H]2CC(=O)Nc3c2c(C)nn3-c2ccc3nncn3n2)c1. The van der Waals surface area contributed by atoms with Crippen LogP contribution >= 0.6 is 0 Å². The van der Waals surface area contributed by atoms with Gasteiger partial charge in [0.25, 0.3) is 0 Å². The summed E-state index contributed by atoms with van der Waals surface area (Å²) in [7, 11) is 1.63. The Kier molecular flexibility index (Phi) is 3.61. The molecule has 28 heavy (non-hydrogen) atoms. The molecule has 9 nitrogen and oxygen atoms in total. The Hall–Kier alpha value is -3.75. The Morgan fingerprint density at radius 3 is 2.96 bits per heavy atom. The molecule has 0 unspecified atom stereocenters. The highest BCUT2D eigenvalue weighted by Crippen LogP contribution is 2.40. The van der Waals surface area contributed by atoms with E-state index in [0.29, 0.717) is 23.7 Å². The minimum atomic E-state index is -0.105. The van der Waals surface area contributed by atoms with Gasteiger partial charge in [-0.1, -0.05) is 12.1 Å². The second-order valence-corrected chi connectivity index (χ2v) is 6.67. The topological polar surface area (TPSA) is 99.2 Å². The van der Waals surface area contributed by atoms with E-state index >= 15 is 0 Å². The van der Waals surface area contributed by atoms with Crippen molar-refractivity contribution in [2.24, 2.45) is 0 Å². The second-order valence-electron chi connectivity index (χ2n) is 6.67. The van der Waals surface area contributed by atoms with Crippen LogP contribution in [0.15, 0.2) is 42.7 Å². The summed E-state index contributed by atoms with van der Waals surface area (Å²) in [4.78, 5) is 12.5. The predicted molar refractivity (Wildman–Crippen MR) is 101 cm³/mol. The number of benzene rings is 1. The van der Waals surface area contributed by atoms with Crippen LogP contribution in [0.25, 0.3) is 11.5 Å². The lowest BCUT2D eigenvalue weighted by Gasteiger charge is -2.24. The molecule has 3 aromatic heterocycles. The van der Waals surface area contributed by atoms with E-state index in [9.17, 15) is 4.79 Å². The summed E-state index contributed by atoms with van der Waals surface area (Å²) in [5.74, 6) is 1.80. The van der Waals surface area contributed by atoms with Crippen molar-refractivity contribution in [2.75, 3.05) is 12.4 Å². The monoisotopic (exact) mass is 375 g/mol. The first kappa shape index (κ1) is 16.4. The summed E-state index contributed by atoms with van der Waals surface area (Å²) >= 11 is 0.